The first-order chi connectivity index (χ1) is 9.61. The molecule has 1 aliphatic heterocycles. The predicted molar refractivity (Wildman–Crippen MR) is 81.8 cm³/mol. The maximum atomic E-state index is 11.3. The topological polar surface area (TPSA) is 84.3 Å². The first-order valence-electron chi connectivity index (χ1n) is 6.74. The maximum absolute atomic E-state index is 11.3. The molecule has 1 heterocycles. The Bertz CT molecular complexity index is 512. The molecular weight excluding hydrogens is 278 g/mol. The lowest BCUT2D eigenvalue weighted by molar-refractivity contribution is -0.383. The van der Waals surface area contributed by atoms with E-state index in [0.29, 0.717) is 29.4 Å². The number of anilines is 2. The van der Waals surface area contributed by atoms with Gasteiger partial charge in [0.2, 0.25) is 0 Å². The normalized spacial score (nSPS) is 22.2. The van der Waals surface area contributed by atoms with Gasteiger partial charge in [0.05, 0.1) is 4.92 Å². The second-order valence-electron chi connectivity index (χ2n) is 4.76. The third-order valence-corrected chi connectivity index (χ3v) is 4.72. The lowest BCUT2D eigenvalue weighted by Gasteiger charge is -2.23. The first-order valence-corrected chi connectivity index (χ1v) is 8.23. The Morgan fingerprint density at radius 2 is 2.00 bits per heavy atom. The molecule has 7 heteroatoms. The van der Waals surface area contributed by atoms with E-state index in [-0.39, 0.29) is 16.7 Å². The number of nitrogens with zero attached hydrogens (tertiary/aromatic N) is 1. The molecule has 0 atom stereocenters. The standard InChI is InChI=1S/C13H19N3O3S/c1-2-14-11-4-3-5-12(13(11)16(17)18)15-10-6-8-20(19)9-7-10/h3-5,10,14-15H,2,6-9H2,1H3. The van der Waals surface area contributed by atoms with Crippen molar-refractivity contribution in [1.29, 1.82) is 0 Å². The van der Waals surface area contributed by atoms with Gasteiger partial charge in [-0.2, -0.15) is 0 Å². The molecule has 20 heavy (non-hydrogen) atoms. The molecule has 2 N–H and O–H groups in total. The largest absolute Gasteiger partial charge is 0.380 e. The quantitative estimate of drug-likeness (QED) is 0.644. The molecule has 0 spiro atoms. The predicted octanol–water partition coefficient (Wildman–Crippen LogP) is 2.35. The zero-order valence-corrected chi connectivity index (χ0v) is 12.2. The van der Waals surface area contributed by atoms with E-state index in [2.05, 4.69) is 10.6 Å². The summed E-state index contributed by atoms with van der Waals surface area (Å²) < 4.78 is 11.3. The van der Waals surface area contributed by atoms with Gasteiger partial charge >= 0.3 is 5.69 Å². The molecule has 0 amide bonds. The van der Waals surface area contributed by atoms with Crippen LogP contribution in [0.1, 0.15) is 19.8 Å². The molecule has 2 rings (SSSR count). The number of rotatable bonds is 5. The van der Waals surface area contributed by atoms with Crippen LogP contribution in [0.15, 0.2) is 18.2 Å². The Morgan fingerprint density at radius 3 is 2.60 bits per heavy atom. The van der Waals surface area contributed by atoms with E-state index in [1.807, 2.05) is 6.92 Å². The van der Waals surface area contributed by atoms with E-state index in [4.69, 9.17) is 0 Å². The summed E-state index contributed by atoms with van der Waals surface area (Å²) in [6.45, 7) is 2.53. The van der Waals surface area contributed by atoms with Gasteiger partial charge in [-0.15, -0.1) is 0 Å². The van der Waals surface area contributed by atoms with Crippen molar-refractivity contribution in [1.82, 2.24) is 0 Å². The molecule has 0 unspecified atom stereocenters. The SMILES string of the molecule is CCNc1cccc(NC2CCS(=O)CC2)c1[N+](=O)[O-]. The van der Waals surface area contributed by atoms with Crippen molar-refractivity contribution in [3.05, 3.63) is 28.3 Å². The summed E-state index contributed by atoms with van der Waals surface area (Å²) in [5.74, 6) is 1.33. The minimum absolute atomic E-state index is 0.0843. The van der Waals surface area contributed by atoms with E-state index in [1.165, 1.54) is 0 Å². The molecular formula is C13H19N3O3S. The highest BCUT2D eigenvalue weighted by molar-refractivity contribution is 7.85. The van der Waals surface area contributed by atoms with Gasteiger partial charge < -0.3 is 10.6 Å². The van der Waals surface area contributed by atoms with Crippen LogP contribution in [0.5, 0.6) is 0 Å². The van der Waals surface area contributed by atoms with Crippen LogP contribution < -0.4 is 10.6 Å². The van der Waals surface area contributed by atoms with E-state index >= 15 is 0 Å². The fourth-order valence-corrected chi connectivity index (χ4v) is 3.65. The molecule has 1 fully saturated rings. The number of nitrogens with one attached hydrogen (secondary N) is 2. The molecule has 0 aliphatic carbocycles. The van der Waals surface area contributed by atoms with Crippen LogP contribution in [0.3, 0.4) is 0 Å². The number of nitro benzene ring substituents is 1. The van der Waals surface area contributed by atoms with Gasteiger partial charge in [-0.05, 0) is 31.9 Å². The van der Waals surface area contributed by atoms with Gasteiger partial charge in [-0.1, -0.05) is 6.07 Å². The molecule has 1 aromatic carbocycles. The highest BCUT2D eigenvalue weighted by atomic mass is 32.2. The fourth-order valence-electron chi connectivity index (χ4n) is 2.35. The summed E-state index contributed by atoms with van der Waals surface area (Å²) in [7, 11) is -0.727. The van der Waals surface area contributed by atoms with Crippen LogP contribution in [-0.4, -0.2) is 33.2 Å². The highest BCUT2D eigenvalue weighted by Crippen LogP contribution is 2.33. The first kappa shape index (κ1) is 14.8. The average Bonchev–Trinajstić information content (AvgIpc) is 2.41. The van der Waals surface area contributed by atoms with Gasteiger partial charge in [0, 0.05) is 34.9 Å². The van der Waals surface area contributed by atoms with Crippen molar-refractivity contribution in [3.63, 3.8) is 0 Å². The van der Waals surface area contributed by atoms with E-state index in [9.17, 15) is 14.3 Å². The van der Waals surface area contributed by atoms with Gasteiger partial charge in [0.25, 0.3) is 0 Å². The fraction of sp³-hybridized carbons (Fsp3) is 0.538. The third kappa shape index (κ3) is 3.47. The smallest absolute Gasteiger partial charge is 0.315 e. The zero-order chi connectivity index (χ0) is 14.5. The highest BCUT2D eigenvalue weighted by Gasteiger charge is 2.23. The maximum Gasteiger partial charge on any atom is 0.315 e. The zero-order valence-electron chi connectivity index (χ0n) is 11.4. The number of hydrogen-bond acceptors (Lipinski definition) is 5. The van der Waals surface area contributed by atoms with Crippen LogP contribution in [0.25, 0.3) is 0 Å². The lowest BCUT2D eigenvalue weighted by Crippen LogP contribution is -2.29. The van der Waals surface area contributed by atoms with Gasteiger partial charge in [0.1, 0.15) is 11.4 Å². The molecule has 1 aliphatic rings. The second kappa shape index (κ2) is 6.69. The molecule has 110 valence electrons. The van der Waals surface area contributed by atoms with Crippen LogP contribution in [0, 0.1) is 10.1 Å². The van der Waals surface area contributed by atoms with Crippen LogP contribution >= 0.6 is 0 Å². The average molecular weight is 297 g/mol. The van der Waals surface area contributed by atoms with Crippen molar-refractivity contribution in [2.45, 2.75) is 25.8 Å². The summed E-state index contributed by atoms with van der Waals surface area (Å²) in [4.78, 5) is 10.9. The minimum atomic E-state index is -0.727. The third-order valence-electron chi connectivity index (χ3n) is 3.33. The molecule has 6 nitrogen and oxygen atoms in total. The van der Waals surface area contributed by atoms with Crippen molar-refractivity contribution in [3.8, 4) is 0 Å². The Labute approximate surface area is 120 Å². The summed E-state index contributed by atoms with van der Waals surface area (Å²) in [5.41, 5.74) is 1.15. The molecule has 0 bridgehead atoms. The Kier molecular flexibility index (Phi) is 4.94. The summed E-state index contributed by atoms with van der Waals surface area (Å²) >= 11 is 0. The van der Waals surface area contributed by atoms with Crippen molar-refractivity contribution < 1.29 is 9.13 Å². The number of hydrogen-bond donors (Lipinski definition) is 2. The minimum Gasteiger partial charge on any atom is -0.380 e. The van der Waals surface area contributed by atoms with Gasteiger partial charge in [-0.3, -0.25) is 14.3 Å². The van der Waals surface area contributed by atoms with Crippen molar-refractivity contribution >= 4 is 27.9 Å². The summed E-state index contributed by atoms with van der Waals surface area (Å²) in [6.07, 6.45) is 1.57. The Morgan fingerprint density at radius 1 is 1.35 bits per heavy atom. The van der Waals surface area contributed by atoms with Crippen LogP contribution in [0.2, 0.25) is 0 Å². The van der Waals surface area contributed by atoms with E-state index in [0.717, 1.165) is 12.8 Å². The van der Waals surface area contributed by atoms with E-state index in [1.54, 1.807) is 18.2 Å². The molecule has 1 saturated heterocycles. The van der Waals surface area contributed by atoms with Crippen LogP contribution in [0.4, 0.5) is 17.1 Å². The van der Waals surface area contributed by atoms with Crippen LogP contribution in [-0.2, 0) is 10.8 Å². The Hall–Kier alpha value is -1.63. The summed E-state index contributed by atoms with van der Waals surface area (Å²) in [5, 5.41) is 17.5. The van der Waals surface area contributed by atoms with Crippen molar-refractivity contribution in [2.24, 2.45) is 0 Å². The Balaban J connectivity index is 2.20. The molecule has 0 saturated carbocycles. The van der Waals surface area contributed by atoms with E-state index < -0.39 is 10.8 Å². The van der Waals surface area contributed by atoms with Gasteiger partial charge in [-0.25, -0.2) is 0 Å². The molecule has 0 aromatic heterocycles. The second-order valence-corrected chi connectivity index (χ2v) is 6.45. The van der Waals surface area contributed by atoms with Crippen molar-refractivity contribution in [2.75, 3.05) is 28.7 Å². The molecule has 0 radical (unpaired) electrons. The molecule has 1 aromatic rings. The van der Waals surface area contributed by atoms with Gasteiger partial charge in [0.15, 0.2) is 0 Å². The summed E-state index contributed by atoms with van der Waals surface area (Å²) in [6, 6.07) is 5.39. The number of benzene rings is 1. The number of nitro groups is 1. The number of para-hydroxylation sites is 1. The monoisotopic (exact) mass is 297 g/mol. The lowest BCUT2D eigenvalue weighted by atomic mass is 10.1.